The summed E-state index contributed by atoms with van der Waals surface area (Å²) in [6.07, 6.45) is 2.61. The predicted molar refractivity (Wildman–Crippen MR) is 107 cm³/mol. The molecule has 5 heteroatoms. The van der Waals surface area contributed by atoms with Crippen LogP contribution < -0.4 is 4.74 Å². The van der Waals surface area contributed by atoms with E-state index in [1.807, 2.05) is 40.1 Å². The molecule has 2 aliphatic rings. The Kier molecular flexibility index (Phi) is 5.07. The van der Waals surface area contributed by atoms with E-state index in [1.165, 1.54) is 0 Å². The van der Waals surface area contributed by atoms with E-state index < -0.39 is 0 Å². The van der Waals surface area contributed by atoms with E-state index in [9.17, 15) is 9.59 Å². The van der Waals surface area contributed by atoms with Gasteiger partial charge in [-0.2, -0.15) is 0 Å². The number of rotatable bonds is 4. The molecular formula is C23H26N2O3. The van der Waals surface area contributed by atoms with Crippen molar-refractivity contribution >= 4 is 11.8 Å². The first kappa shape index (κ1) is 18.5. The standard InChI is InChI=1S/C23H26N2O3/c1-28-20-11-6-5-10-19(20)21(26)24-14-7-15-25(17-16-24)22(27)23(12-13-23)18-8-3-2-4-9-18/h2-6,8-11H,7,12-17H2,1H3. The lowest BCUT2D eigenvalue weighted by Gasteiger charge is -2.27. The van der Waals surface area contributed by atoms with Gasteiger partial charge in [0.2, 0.25) is 5.91 Å². The van der Waals surface area contributed by atoms with Crippen LogP contribution in [0.25, 0.3) is 0 Å². The SMILES string of the molecule is COc1ccccc1C(=O)N1CCCN(C(=O)C2(c3ccccc3)CC2)CC1. The summed E-state index contributed by atoms with van der Waals surface area (Å²) in [7, 11) is 1.58. The highest BCUT2D eigenvalue weighted by molar-refractivity contribution is 5.97. The monoisotopic (exact) mass is 378 g/mol. The molecule has 28 heavy (non-hydrogen) atoms. The summed E-state index contributed by atoms with van der Waals surface area (Å²) < 4.78 is 5.34. The predicted octanol–water partition coefficient (Wildman–Crippen LogP) is 3.10. The van der Waals surface area contributed by atoms with Crippen LogP contribution in [0.2, 0.25) is 0 Å². The molecule has 1 aliphatic heterocycles. The largest absolute Gasteiger partial charge is 0.496 e. The number of ether oxygens (including phenoxy) is 1. The zero-order valence-electron chi connectivity index (χ0n) is 16.3. The third-order valence-electron chi connectivity index (χ3n) is 5.89. The van der Waals surface area contributed by atoms with Gasteiger partial charge in [-0.05, 0) is 37.0 Å². The molecule has 4 rings (SSSR count). The van der Waals surface area contributed by atoms with Gasteiger partial charge in [-0.3, -0.25) is 9.59 Å². The van der Waals surface area contributed by atoms with Crippen molar-refractivity contribution in [1.82, 2.24) is 9.80 Å². The van der Waals surface area contributed by atoms with Crippen LogP contribution in [0.15, 0.2) is 54.6 Å². The molecule has 2 aromatic rings. The fraction of sp³-hybridized carbons (Fsp3) is 0.391. The third-order valence-corrected chi connectivity index (χ3v) is 5.89. The van der Waals surface area contributed by atoms with Gasteiger partial charge in [0.1, 0.15) is 5.75 Å². The number of amides is 2. The Balaban J connectivity index is 1.46. The fourth-order valence-corrected chi connectivity index (χ4v) is 4.13. The first-order valence-corrected chi connectivity index (χ1v) is 9.93. The van der Waals surface area contributed by atoms with Crippen LogP contribution >= 0.6 is 0 Å². The molecule has 2 fully saturated rings. The van der Waals surface area contributed by atoms with Gasteiger partial charge in [0.25, 0.3) is 5.91 Å². The molecule has 0 aromatic heterocycles. The van der Waals surface area contributed by atoms with E-state index in [0.717, 1.165) is 24.8 Å². The first-order valence-electron chi connectivity index (χ1n) is 9.93. The molecule has 0 bridgehead atoms. The molecule has 1 saturated heterocycles. The van der Waals surface area contributed by atoms with Gasteiger partial charge >= 0.3 is 0 Å². The zero-order chi connectivity index (χ0) is 19.6. The van der Waals surface area contributed by atoms with Gasteiger partial charge in [-0.25, -0.2) is 0 Å². The number of carbonyl (C=O) groups excluding carboxylic acids is 2. The average Bonchev–Trinajstić information content (AvgIpc) is 3.58. The van der Waals surface area contributed by atoms with E-state index >= 15 is 0 Å². The van der Waals surface area contributed by atoms with Crippen molar-refractivity contribution in [3.8, 4) is 5.75 Å². The summed E-state index contributed by atoms with van der Waals surface area (Å²) >= 11 is 0. The lowest BCUT2D eigenvalue weighted by Crippen LogP contribution is -2.42. The minimum atomic E-state index is -0.344. The van der Waals surface area contributed by atoms with Gasteiger partial charge in [0.15, 0.2) is 0 Å². The molecule has 0 N–H and O–H groups in total. The third kappa shape index (κ3) is 3.37. The highest BCUT2D eigenvalue weighted by Gasteiger charge is 2.52. The summed E-state index contributed by atoms with van der Waals surface area (Å²) in [6, 6.07) is 17.4. The highest BCUT2D eigenvalue weighted by atomic mass is 16.5. The Morgan fingerprint density at radius 1 is 0.857 bits per heavy atom. The summed E-state index contributed by atoms with van der Waals surface area (Å²) in [6.45, 7) is 2.48. The van der Waals surface area contributed by atoms with E-state index in [-0.39, 0.29) is 17.2 Å². The first-order chi connectivity index (χ1) is 13.7. The minimum Gasteiger partial charge on any atom is -0.496 e. The second-order valence-electron chi connectivity index (χ2n) is 7.59. The Hall–Kier alpha value is -2.82. The van der Waals surface area contributed by atoms with Crippen LogP contribution in [0.5, 0.6) is 5.75 Å². The molecule has 5 nitrogen and oxygen atoms in total. The van der Waals surface area contributed by atoms with Crippen LogP contribution in [-0.4, -0.2) is 54.9 Å². The maximum absolute atomic E-state index is 13.3. The second-order valence-corrected chi connectivity index (χ2v) is 7.59. The van der Waals surface area contributed by atoms with Gasteiger partial charge in [-0.1, -0.05) is 42.5 Å². The van der Waals surface area contributed by atoms with Crippen LogP contribution in [0.4, 0.5) is 0 Å². The summed E-state index contributed by atoms with van der Waals surface area (Å²) in [5, 5.41) is 0. The van der Waals surface area contributed by atoms with E-state index in [1.54, 1.807) is 19.2 Å². The molecular weight excluding hydrogens is 352 g/mol. The Bertz CT molecular complexity index is 861. The summed E-state index contributed by atoms with van der Waals surface area (Å²) in [4.78, 5) is 30.1. The maximum Gasteiger partial charge on any atom is 0.257 e. The van der Waals surface area contributed by atoms with Crippen molar-refractivity contribution < 1.29 is 14.3 Å². The number of hydrogen-bond donors (Lipinski definition) is 0. The van der Waals surface area contributed by atoms with Gasteiger partial charge in [0.05, 0.1) is 18.1 Å². The topological polar surface area (TPSA) is 49.9 Å². The van der Waals surface area contributed by atoms with Crippen molar-refractivity contribution in [1.29, 1.82) is 0 Å². The second kappa shape index (κ2) is 7.66. The summed E-state index contributed by atoms with van der Waals surface area (Å²) in [5.74, 6) is 0.770. The fourth-order valence-electron chi connectivity index (χ4n) is 4.13. The Morgan fingerprint density at radius 3 is 2.21 bits per heavy atom. The molecule has 0 unspecified atom stereocenters. The van der Waals surface area contributed by atoms with Crippen molar-refractivity contribution in [2.24, 2.45) is 0 Å². The summed E-state index contributed by atoms with van der Waals surface area (Å²) in [5.41, 5.74) is 1.35. The number of methoxy groups -OCH3 is 1. The molecule has 0 atom stereocenters. The molecule has 0 radical (unpaired) electrons. The lowest BCUT2D eigenvalue weighted by molar-refractivity contribution is -0.133. The van der Waals surface area contributed by atoms with E-state index in [4.69, 9.17) is 4.74 Å². The maximum atomic E-state index is 13.3. The highest BCUT2D eigenvalue weighted by Crippen LogP contribution is 2.49. The lowest BCUT2D eigenvalue weighted by atomic mass is 9.94. The number of para-hydroxylation sites is 1. The van der Waals surface area contributed by atoms with Crippen molar-refractivity contribution in [2.45, 2.75) is 24.7 Å². The number of benzene rings is 2. The molecule has 1 aliphatic carbocycles. The van der Waals surface area contributed by atoms with Crippen LogP contribution in [-0.2, 0) is 10.2 Å². The number of nitrogens with zero attached hydrogens (tertiary/aromatic N) is 2. The zero-order valence-corrected chi connectivity index (χ0v) is 16.3. The molecule has 0 spiro atoms. The van der Waals surface area contributed by atoms with E-state index in [2.05, 4.69) is 12.1 Å². The van der Waals surface area contributed by atoms with Crippen LogP contribution in [0.1, 0.15) is 35.2 Å². The van der Waals surface area contributed by atoms with Crippen LogP contribution in [0, 0.1) is 0 Å². The van der Waals surface area contributed by atoms with Gasteiger partial charge in [0, 0.05) is 26.2 Å². The van der Waals surface area contributed by atoms with Gasteiger partial charge in [-0.15, -0.1) is 0 Å². The normalized spacial score (nSPS) is 18.3. The minimum absolute atomic E-state index is 0.0315. The molecule has 1 saturated carbocycles. The Morgan fingerprint density at radius 2 is 1.50 bits per heavy atom. The van der Waals surface area contributed by atoms with Crippen molar-refractivity contribution in [3.63, 3.8) is 0 Å². The quantitative estimate of drug-likeness (QED) is 0.821. The van der Waals surface area contributed by atoms with Crippen LogP contribution in [0.3, 0.4) is 0 Å². The van der Waals surface area contributed by atoms with Crippen molar-refractivity contribution in [2.75, 3.05) is 33.3 Å². The van der Waals surface area contributed by atoms with Gasteiger partial charge < -0.3 is 14.5 Å². The van der Waals surface area contributed by atoms with E-state index in [0.29, 0.717) is 37.5 Å². The molecule has 2 amide bonds. The average molecular weight is 378 g/mol. The smallest absolute Gasteiger partial charge is 0.257 e. The molecule has 146 valence electrons. The number of hydrogen-bond acceptors (Lipinski definition) is 3. The molecule has 1 heterocycles. The molecule has 2 aromatic carbocycles. The number of carbonyl (C=O) groups is 2. The Labute approximate surface area is 165 Å². The van der Waals surface area contributed by atoms with Crippen molar-refractivity contribution in [3.05, 3.63) is 65.7 Å².